The van der Waals surface area contributed by atoms with Crippen LogP contribution in [-0.2, 0) is 0 Å². The van der Waals surface area contributed by atoms with Crippen molar-refractivity contribution in [3.63, 3.8) is 0 Å². The molecular formula is C23H24N6O2. The van der Waals surface area contributed by atoms with Gasteiger partial charge in [-0.1, -0.05) is 6.07 Å². The number of anilines is 1. The average Bonchev–Trinajstić information content (AvgIpc) is 3.56. The van der Waals surface area contributed by atoms with E-state index in [1.54, 1.807) is 42.6 Å². The number of piperidine rings is 1. The molecule has 1 aliphatic heterocycles. The number of carbonyl (C=O) groups excluding carboxylic acids is 2. The van der Waals surface area contributed by atoms with Crippen LogP contribution >= 0.6 is 0 Å². The number of aromatic nitrogens is 4. The summed E-state index contributed by atoms with van der Waals surface area (Å²) in [6.07, 6.45) is 7.23. The minimum absolute atomic E-state index is 0.0211. The van der Waals surface area contributed by atoms with E-state index in [9.17, 15) is 9.59 Å². The van der Waals surface area contributed by atoms with Gasteiger partial charge in [-0.15, -0.1) is 0 Å². The van der Waals surface area contributed by atoms with E-state index in [1.807, 2.05) is 4.90 Å². The van der Waals surface area contributed by atoms with Crippen molar-refractivity contribution in [3.05, 3.63) is 71.6 Å². The van der Waals surface area contributed by atoms with Crippen LogP contribution in [0.1, 0.15) is 69.9 Å². The monoisotopic (exact) mass is 416 g/mol. The van der Waals surface area contributed by atoms with Crippen molar-refractivity contribution in [1.82, 2.24) is 25.1 Å². The zero-order chi connectivity index (χ0) is 21.2. The third-order valence-corrected chi connectivity index (χ3v) is 5.92. The standard InChI is InChI=1S/C23H24N6O2/c30-22(18-4-2-10-24-14-18)25-19-5-1-3-17(13-19)23(31)29-11-8-16(9-12-29)21-26-20(27-28-21)15-6-7-15/h1-5,10,13-16H,6-9,11-12H2,(H,25,30)(H,26,27,28). The summed E-state index contributed by atoms with van der Waals surface area (Å²) in [4.78, 5) is 35.9. The quantitative estimate of drug-likeness (QED) is 0.664. The summed E-state index contributed by atoms with van der Waals surface area (Å²) >= 11 is 0. The number of carbonyl (C=O) groups is 2. The Labute approximate surface area is 180 Å². The van der Waals surface area contributed by atoms with Crippen LogP contribution in [0.5, 0.6) is 0 Å². The second-order valence-corrected chi connectivity index (χ2v) is 8.20. The Bertz CT molecular complexity index is 1080. The van der Waals surface area contributed by atoms with E-state index < -0.39 is 0 Å². The molecule has 2 amide bonds. The van der Waals surface area contributed by atoms with E-state index in [-0.39, 0.29) is 11.8 Å². The maximum absolute atomic E-state index is 13.0. The smallest absolute Gasteiger partial charge is 0.257 e. The van der Waals surface area contributed by atoms with Crippen LogP contribution in [0.4, 0.5) is 5.69 Å². The van der Waals surface area contributed by atoms with E-state index in [1.165, 1.54) is 19.0 Å². The van der Waals surface area contributed by atoms with E-state index in [2.05, 4.69) is 25.5 Å². The highest BCUT2D eigenvalue weighted by Crippen LogP contribution is 2.38. The summed E-state index contributed by atoms with van der Waals surface area (Å²) in [5.74, 6) is 2.47. The van der Waals surface area contributed by atoms with Crippen molar-refractivity contribution in [1.29, 1.82) is 0 Å². The van der Waals surface area contributed by atoms with Crippen LogP contribution in [0, 0.1) is 0 Å². The Balaban J connectivity index is 1.20. The summed E-state index contributed by atoms with van der Waals surface area (Å²) in [5, 5.41) is 10.3. The Kier molecular flexibility index (Phi) is 5.19. The predicted molar refractivity (Wildman–Crippen MR) is 115 cm³/mol. The molecule has 8 heteroatoms. The Morgan fingerprint density at radius 1 is 1.00 bits per heavy atom. The number of likely N-dealkylation sites (tertiary alicyclic amines) is 1. The molecule has 2 aliphatic rings. The molecule has 0 bridgehead atoms. The van der Waals surface area contributed by atoms with Crippen molar-refractivity contribution < 1.29 is 9.59 Å². The zero-order valence-corrected chi connectivity index (χ0v) is 17.1. The van der Waals surface area contributed by atoms with E-state index in [0.29, 0.717) is 41.7 Å². The predicted octanol–water partition coefficient (Wildman–Crippen LogP) is 3.35. The third-order valence-electron chi connectivity index (χ3n) is 5.92. The number of hydrogen-bond donors (Lipinski definition) is 2. The van der Waals surface area contributed by atoms with Gasteiger partial charge in [0.2, 0.25) is 0 Å². The highest BCUT2D eigenvalue weighted by Gasteiger charge is 2.31. The van der Waals surface area contributed by atoms with Gasteiger partial charge < -0.3 is 10.2 Å². The van der Waals surface area contributed by atoms with E-state index >= 15 is 0 Å². The van der Waals surface area contributed by atoms with Crippen molar-refractivity contribution in [2.24, 2.45) is 0 Å². The van der Waals surface area contributed by atoms with Gasteiger partial charge >= 0.3 is 0 Å². The third kappa shape index (κ3) is 4.33. The Morgan fingerprint density at radius 3 is 2.55 bits per heavy atom. The SMILES string of the molecule is O=C(Nc1cccc(C(=O)N2CCC(c3nc(C4CC4)n[nH]3)CC2)c1)c1cccnc1. The summed E-state index contributed by atoms with van der Waals surface area (Å²) < 4.78 is 0. The van der Waals surface area contributed by atoms with Gasteiger partial charge in [0.1, 0.15) is 5.82 Å². The number of pyridine rings is 1. The van der Waals surface area contributed by atoms with Gasteiger partial charge in [-0.25, -0.2) is 4.98 Å². The number of benzene rings is 1. The molecular weight excluding hydrogens is 392 g/mol. The molecule has 0 unspecified atom stereocenters. The van der Waals surface area contributed by atoms with E-state index in [0.717, 1.165) is 24.5 Å². The lowest BCUT2D eigenvalue weighted by Crippen LogP contribution is -2.38. The van der Waals surface area contributed by atoms with Crippen molar-refractivity contribution in [3.8, 4) is 0 Å². The number of amides is 2. The first kappa shape index (κ1) is 19.4. The molecule has 1 saturated carbocycles. The fourth-order valence-corrected chi connectivity index (χ4v) is 3.96. The number of nitrogens with zero attached hydrogens (tertiary/aromatic N) is 4. The fraction of sp³-hybridized carbons (Fsp3) is 0.348. The largest absolute Gasteiger partial charge is 0.339 e. The minimum Gasteiger partial charge on any atom is -0.339 e. The molecule has 3 heterocycles. The molecule has 158 valence electrons. The van der Waals surface area contributed by atoms with Crippen LogP contribution in [0.2, 0.25) is 0 Å². The zero-order valence-electron chi connectivity index (χ0n) is 17.1. The average molecular weight is 416 g/mol. The topological polar surface area (TPSA) is 104 Å². The molecule has 2 N–H and O–H groups in total. The number of rotatable bonds is 5. The molecule has 2 aromatic heterocycles. The molecule has 1 saturated heterocycles. The second-order valence-electron chi connectivity index (χ2n) is 8.20. The van der Waals surface area contributed by atoms with Crippen LogP contribution < -0.4 is 5.32 Å². The molecule has 0 spiro atoms. The van der Waals surface area contributed by atoms with Crippen molar-refractivity contribution in [2.45, 2.75) is 37.5 Å². The van der Waals surface area contributed by atoms with Crippen LogP contribution in [0.15, 0.2) is 48.8 Å². The highest BCUT2D eigenvalue weighted by molar-refractivity contribution is 6.04. The molecule has 5 rings (SSSR count). The number of hydrogen-bond acceptors (Lipinski definition) is 5. The van der Waals surface area contributed by atoms with Gasteiger partial charge in [0.15, 0.2) is 5.82 Å². The van der Waals surface area contributed by atoms with Gasteiger partial charge in [0.05, 0.1) is 5.56 Å². The first-order chi connectivity index (χ1) is 15.2. The fourth-order valence-electron chi connectivity index (χ4n) is 3.96. The molecule has 1 aromatic carbocycles. The van der Waals surface area contributed by atoms with Gasteiger partial charge in [0.25, 0.3) is 11.8 Å². The van der Waals surface area contributed by atoms with Crippen molar-refractivity contribution in [2.75, 3.05) is 18.4 Å². The summed E-state index contributed by atoms with van der Waals surface area (Å²) in [6.45, 7) is 1.35. The lowest BCUT2D eigenvalue weighted by atomic mass is 9.95. The van der Waals surface area contributed by atoms with Crippen LogP contribution in [-0.4, -0.2) is 50.0 Å². The van der Waals surface area contributed by atoms with Gasteiger partial charge in [-0.05, 0) is 56.0 Å². The van der Waals surface area contributed by atoms with Crippen molar-refractivity contribution >= 4 is 17.5 Å². The summed E-state index contributed by atoms with van der Waals surface area (Å²) in [5.41, 5.74) is 1.63. The molecule has 1 aliphatic carbocycles. The van der Waals surface area contributed by atoms with Crippen LogP contribution in [0.3, 0.4) is 0 Å². The molecule has 0 radical (unpaired) electrons. The van der Waals surface area contributed by atoms with Gasteiger partial charge in [0, 0.05) is 48.6 Å². The highest BCUT2D eigenvalue weighted by atomic mass is 16.2. The first-order valence-electron chi connectivity index (χ1n) is 10.7. The maximum atomic E-state index is 13.0. The molecule has 3 aromatic rings. The normalized spacial score (nSPS) is 16.8. The molecule has 31 heavy (non-hydrogen) atoms. The number of H-pyrrole nitrogens is 1. The van der Waals surface area contributed by atoms with Crippen LogP contribution in [0.25, 0.3) is 0 Å². The molecule has 8 nitrogen and oxygen atoms in total. The summed E-state index contributed by atoms with van der Waals surface area (Å²) in [7, 11) is 0. The minimum atomic E-state index is -0.254. The lowest BCUT2D eigenvalue weighted by molar-refractivity contribution is 0.0711. The number of nitrogens with one attached hydrogen (secondary N) is 2. The van der Waals surface area contributed by atoms with Gasteiger partial charge in [-0.2, -0.15) is 5.10 Å². The Morgan fingerprint density at radius 2 is 1.81 bits per heavy atom. The second kappa shape index (κ2) is 8.29. The molecule has 0 atom stereocenters. The maximum Gasteiger partial charge on any atom is 0.257 e. The number of aromatic amines is 1. The Hall–Kier alpha value is -3.55. The molecule has 2 fully saturated rings. The lowest BCUT2D eigenvalue weighted by Gasteiger charge is -2.31. The summed E-state index contributed by atoms with van der Waals surface area (Å²) in [6, 6.07) is 10.5. The first-order valence-corrected chi connectivity index (χ1v) is 10.7. The van der Waals surface area contributed by atoms with Gasteiger partial charge in [-0.3, -0.25) is 19.7 Å². The van der Waals surface area contributed by atoms with E-state index in [4.69, 9.17) is 0 Å².